The molecule has 0 spiro atoms. The van der Waals surface area contributed by atoms with Crippen molar-refractivity contribution in [1.29, 1.82) is 0 Å². The van der Waals surface area contributed by atoms with Crippen LogP contribution in [0.5, 0.6) is 0 Å². The molecule has 2 aromatic carbocycles. The number of carbonyl (C=O) groups excluding carboxylic acids is 2. The molecular formula is C25H27N3O2. The molecule has 1 aliphatic rings. The van der Waals surface area contributed by atoms with Crippen LogP contribution in [0, 0.1) is 19.8 Å². The van der Waals surface area contributed by atoms with Crippen LogP contribution in [0.15, 0.2) is 60.7 Å². The Morgan fingerprint density at radius 2 is 1.63 bits per heavy atom. The minimum Gasteiger partial charge on any atom is -0.339 e. The fourth-order valence-electron chi connectivity index (χ4n) is 4.18. The number of aromatic nitrogens is 2. The molecule has 1 aromatic heterocycles. The van der Waals surface area contributed by atoms with E-state index in [0.717, 1.165) is 22.5 Å². The van der Waals surface area contributed by atoms with Crippen molar-refractivity contribution >= 4 is 11.7 Å². The summed E-state index contributed by atoms with van der Waals surface area (Å²) in [5.74, 6) is 0.222. The summed E-state index contributed by atoms with van der Waals surface area (Å²) in [6.45, 7) is 5.90. The Labute approximate surface area is 177 Å². The number of rotatable bonds is 5. The molecule has 154 valence electrons. The van der Waals surface area contributed by atoms with Gasteiger partial charge in [0.15, 0.2) is 5.78 Å². The maximum absolute atomic E-state index is 13.0. The molecule has 5 heteroatoms. The van der Waals surface area contributed by atoms with Crippen LogP contribution in [0.2, 0.25) is 0 Å². The number of hydrogen-bond donors (Lipinski definition) is 0. The fourth-order valence-corrected chi connectivity index (χ4v) is 4.18. The van der Waals surface area contributed by atoms with Gasteiger partial charge in [-0.15, -0.1) is 0 Å². The van der Waals surface area contributed by atoms with Gasteiger partial charge >= 0.3 is 0 Å². The van der Waals surface area contributed by atoms with Gasteiger partial charge in [-0.3, -0.25) is 14.3 Å². The average molecular weight is 402 g/mol. The highest BCUT2D eigenvalue weighted by molar-refractivity contribution is 5.98. The third kappa shape index (κ3) is 4.35. The van der Waals surface area contributed by atoms with Crippen molar-refractivity contribution in [3.05, 3.63) is 88.7 Å². The highest BCUT2D eigenvalue weighted by atomic mass is 16.2. The van der Waals surface area contributed by atoms with Gasteiger partial charge in [0.1, 0.15) is 0 Å². The van der Waals surface area contributed by atoms with E-state index in [1.807, 2.05) is 78.0 Å². The lowest BCUT2D eigenvalue weighted by Gasteiger charge is -2.31. The van der Waals surface area contributed by atoms with Gasteiger partial charge in [-0.05, 0) is 50.5 Å². The van der Waals surface area contributed by atoms with Crippen molar-refractivity contribution in [3.8, 4) is 0 Å². The molecule has 1 aliphatic heterocycles. The van der Waals surface area contributed by atoms with E-state index in [0.29, 0.717) is 38.0 Å². The molecule has 1 saturated heterocycles. The summed E-state index contributed by atoms with van der Waals surface area (Å²) < 4.78 is 1.96. The van der Waals surface area contributed by atoms with Crippen LogP contribution in [0.25, 0.3) is 0 Å². The highest BCUT2D eigenvalue weighted by Gasteiger charge is 2.28. The molecule has 0 unspecified atom stereocenters. The topological polar surface area (TPSA) is 55.2 Å². The van der Waals surface area contributed by atoms with Crippen LogP contribution in [-0.2, 0) is 6.54 Å². The monoisotopic (exact) mass is 401 g/mol. The van der Waals surface area contributed by atoms with Crippen LogP contribution >= 0.6 is 0 Å². The number of benzene rings is 2. The first-order valence-corrected chi connectivity index (χ1v) is 10.5. The fraction of sp³-hybridized carbons (Fsp3) is 0.320. The van der Waals surface area contributed by atoms with E-state index in [2.05, 4.69) is 11.2 Å². The number of likely N-dealkylation sites (tertiary alicyclic amines) is 1. The Kier molecular flexibility index (Phi) is 5.79. The Morgan fingerprint density at radius 3 is 2.30 bits per heavy atom. The first-order valence-electron chi connectivity index (χ1n) is 10.5. The summed E-state index contributed by atoms with van der Waals surface area (Å²) in [5, 5.41) is 4.51. The molecule has 2 heterocycles. The number of Topliss-reactive ketones (excluding diaryl/α,β-unsaturated/α-hetero) is 1. The van der Waals surface area contributed by atoms with Crippen molar-refractivity contribution in [3.63, 3.8) is 0 Å². The number of amides is 1. The number of hydrogen-bond acceptors (Lipinski definition) is 3. The Morgan fingerprint density at radius 1 is 0.933 bits per heavy atom. The average Bonchev–Trinajstić information content (AvgIpc) is 3.10. The number of ketones is 1. The van der Waals surface area contributed by atoms with E-state index in [1.54, 1.807) is 0 Å². The molecule has 0 aliphatic carbocycles. The quantitative estimate of drug-likeness (QED) is 0.600. The summed E-state index contributed by atoms with van der Waals surface area (Å²) in [6, 6.07) is 19.3. The zero-order chi connectivity index (χ0) is 21.1. The van der Waals surface area contributed by atoms with Crippen molar-refractivity contribution in [2.24, 2.45) is 5.92 Å². The molecule has 1 fully saturated rings. The van der Waals surface area contributed by atoms with E-state index in [-0.39, 0.29) is 17.6 Å². The number of piperidine rings is 1. The first kappa shape index (κ1) is 20.1. The molecule has 1 amide bonds. The van der Waals surface area contributed by atoms with E-state index < -0.39 is 0 Å². The third-order valence-electron chi connectivity index (χ3n) is 5.82. The van der Waals surface area contributed by atoms with Gasteiger partial charge in [-0.25, -0.2) is 0 Å². The second-order valence-electron chi connectivity index (χ2n) is 8.08. The summed E-state index contributed by atoms with van der Waals surface area (Å²) in [7, 11) is 0. The van der Waals surface area contributed by atoms with Crippen molar-refractivity contribution in [2.75, 3.05) is 13.1 Å². The van der Waals surface area contributed by atoms with E-state index in [4.69, 9.17) is 0 Å². The van der Waals surface area contributed by atoms with Gasteiger partial charge in [0.2, 0.25) is 0 Å². The second kappa shape index (κ2) is 8.66. The number of nitrogens with zero attached hydrogens (tertiary/aromatic N) is 3. The maximum atomic E-state index is 13.0. The van der Waals surface area contributed by atoms with Gasteiger partial charge in [-0.2, -0.15) is 5.10 Å². The molecule has 3 aromatic rings. The Balaban J connectivity index is 1.39. The first-order chi connectivity index (χ1) is 14.5. The second-order valence-corrected chi connectivity index (χ2v) is 8.08. The van der Waals surface area contributed by atoms with Gasteiger partial charge in [0, 0.05) is 35.8 Å². The van der Waals surface area contributed by atoms with Crippen LogP contribution < -0.4 is 0 Å². The number of aryl methyl sites for hydroxylation is 2. The largest absolute Gasteiger partial charge is 0.339 e. The summed E-state index contributed by atoms with van der Waals surface area (Å²) >= 11 is 0. The van der Waals surface area contributed by atoms with Gasteiger partial charge in [-0.1, -0.05) is 42.5 Å². The third-order valence-corrected chi connectivity index (χ3v) is 5.82. The molecule has 30 heavy (non-hydrogen) atoms. The van der Waals surface area contributed by atoms with Crippen LogP contribution in [0.1, 0.15) is 50.5 Å². The van der Waals surface area contributed by atoms with E-state index in [9.17, 15) is 9.59 Å². The lowest BCUT2D eigenvalue weighted by Crippen LogP contribution is -2.40. The molecule has 0 bridgehead atoms. The molecular weight excluding hydrogens is 374 g/mol. The van der Waals surface area contributed by atoms with Crippen LogP contribution in [0.4, 0.5) is 0 Å². The van der Waals surface area contributed by atoms with Crippen LogP contribution in [0.3, 0.4) is 0 Å². The molecule has 4 rings (SSSR count). The van der Waals surface area contributed by atoms with Crippen molar-refractivity contribution < 1.29 is 9.59 Å². The van der Waals surface area contributed by atoms with Gasteiger partial charge < -0.3 is 4.90 Å². The zero-order valence-electron chi connectivity index (χ0n) is 17.5. The predicted octanol–water partition coefficient (Wildman–Crippen LogP) is 4.28. The summed E-state index contributed by atoms with van der Waals surface area (Å²) in [4.78, 5) is 27.6. The highest BCUT2D eigenvalue weighted by Crippen LogP contribution is 2.23. The molecule has 0 atom stereocenters. The molecule has 0 radical (unpaired) electrons. The zero-order valence-corrected chi connectivity index (χ0v) is 17.5. The molecule has 0 saturated carbocycles. The molecule has 5 nitrogen and oxygen atoms in total. The Bertz CT molecular complexity index is 1050. The minimum atomic E-state index is -0.00573. The SMILES string of the molecule is Cc1cc(C)n(Cc2cccc(C(=O)N3CCC(C(=O)c4ccccc4)CC3)c2)n1. The number of carbonyl (C=O) groups is 2. The van der Waals surface area contributed by atoms with Crippen molar-refractivity contribution in [2.45, 2.75) is 33.2 Å². The summed E-state index contributed by atoms with van der Waals surface area (Å²) in [6.07, 6.45) is 1.43. The van der Waals surface area contributed by atoms with E-state index >= 15 is 0 Å². The van der Waals surface area contributed by atoms with Crippen LogP contribution in [-0.4, -0.2) is 39.5 Å². The lowest BCUT2D eigenvalue weighted by molar-refractivity contribution is 0.0650. The smallest absolute Gasteiger partial charge is 0.253 e. The van der Waals surface area contributed by atoms with Gasteiger partial charge in [0.05, 0.1) is 12.2 Å². The Hall–Kier alpha value is -3.21. The lowest BCUT2D eigenvalue weighted by atomic mass is 9.88. The predicted molar refractivity (Wildman–Crippen MR) is 117 cm³/mol. The standard InChI is InChI=1S/C25H27N3O2/c1-18-15-19(2)28(26-18)17-20-7-6-10-23(16-20)25(30)27-13-11-22(12-14-27)24(29)21-8-4-3-5-9-21/h3-10,15-16,22H,11-14,17H2,1-2H3. The molecule has 0 N–H and O–H groups in total. The maximum Gasteiger partial charge on any atom is 0.253 e. The van der Waals surface area contributed by atoms with E-state index in [1.165, 1.54) is 0 Å². The van der Waals surface area contributed by atoms with Crippen molar-refractivity contribution in [1.82, 2.24) is 14.7 Å². The minimum absolute atomic E-state index is 0.00573. The normalized spacial score (nSPS) is 14.7. The van der Waals surface area contributed by atoms with Gasteiger partial charge in [0.25, 0.3) is 5.91 Å². The summed E-state index contributed by atoms with van der Waals surface area (Å²) in [5.41, 5.74) is 4.62.